The SMILES string of the molecule is NC(CF)c1cc(Cl)ccc1Cl. The third-order valence-corrected chi connectivity index (χ3v) is 2.10. The second-order valence-corrected chi connectivity index (χ2v) is 3.27. The largest absolute Gasteiger partial charge is 0.322 e. The molecule has 2 N–H and O–H groups in total. The van der Waals surface area contributed by atoms with Gasteiger partial charge in [0, 0.05) is 10.0 Å². The molecule has 0 spiro atoms. The molecule has 0 heterocycles. The van der Waals surface area contributed by atoms with Crippen molar-refractivity contribution in [3.8, 4) is 0 Å². The van der Waals surface area contributed by atoms with E-state index in [-0.39, 0.29) is 0 Å². The standard InChI is InChI=1S/C8H8Cl2FN/c9-5-1-2-7(10)6(3-5)8(12)4-11/h1-3,8H,4,12H2. The minimum Gasteiger partial charge on any atom is -0.322 e. The first-order valence-corrected chi connectivity index (χ1v) is 4.17. The van der Waals surface area contributed by atoms with Crippen molar-refractivity contribution in [2.24, 2.45) is 5.73 Å². The Morgan fingerprint density at radius 1 is 1.42 bits per heavy atom. The quantitative estimate of drug-likeness (QED) is 0.794. The monoisotopic (exact) mass is 207 g/mol. The fourth-order valence-corrected chi connectivity index (χ4v) is 1.32. The van der Waals surface area contributed by atoms with Gasteiger partial charge in [0.05, 0.1) is 6.04 Å². The molecule has 0 saturated heterocycles. The van der Waals surface area contributed by atoms with E-state index in [9.17, 15) is 4.39 Å². The molecule has 1 aromatic carbocycles. The van der Waals surface area contributed by atoms with E-state index in [1.807, 2.05) is 0 Å². The fraction of sp³-hybridized carbons (Fsp3) is 0.250. The molecule has 1 atom stereocenters. The van der Waals surface area contributed by atoms with Crippen LogP contribution in [0.4, 0.5) is 4.39 Å². The minimum absolute atomic E-state index is 0.449. The van der Waals surface area contributed by atoms with Gasteiger partial charge in [-0.15, -0.1) is 0 Å². The summed E-state index contributed by atoms with van der Waals surface area (Å²) in [4.78, 5) is 0. The van der Waals surface area contributed by atoms with Crippen LogP contribution in [-0.2, 0) is 0 Å². The molecule has 0 aromatic heterocycles. The number of halogens is 3. The average molecular weight is 208 g/mol. The van der Waals surface area contributed by atoms with Crippen molar-refractivity contribution in [3.05, 3.63) is 33.8 Å². The Morgan fingerprint density at radius 3 is 2.67 bits per heavy atom. The summed E-state index contributed by atoms with van der Waals surface area (Å²) in [6, 6.07) is 4.14. The van der Waals surface area contributed by atoms with E-state index in [0.29, 0.717) is 15.6 Å². The summed E-state index contributed by atoms with van der Waals surface area (Å²) in [5.41, 5.74) is 5.99. The highest BCUT2D eigenvalue weighted by molar-refractivity contribution is 6.33. The Bertz CT molecular complexity index is 278. The van der Waals surface area contributed by atoms with Crippen LogP contribution >= 0.6 is 23.2 Å². The number of benzene rings is 1. The van der Waals surface area contributed by atoms with E-state index in [0.717, 1.165) is 0 Å². The second kappa shape index (κ2) is 4.08. The van der Waals surface area contributed by atoms with E-state index in [2.05, 4.69) is 0 Å². The summed E-state index contributed by atoms with van der Waals surface area (Å²) in [6.07, 6.45) is 0. The first-order valence-electron chi connectivity index (χ1n) is 3.41. The van der Waals surface area contributed by atoms with Crippen molar-refractivity contribution in [2.45, 2.75) is 6.04 Å². The summed E-state index contributed by atoms with van der Waals surface area (Å²) >= 11 is 11.4. The van der Waals surface area contributed by atoms with Crippen LogP contribution < -0.4 is 5.73 Å². The zero-order chi connectivity index (χ0) is 9.14. The fourth-order valence-electron chi connectivity index (χ4n) is 0.882. The van der Waals surface area contributed by atoms with Crippen LogP contribution in [-0.4, -0.2) is 6.67 Å². The molecule has 1 aromatic rings. The number of rotatable bonds is 2. The molecule has 0 radical (unpaired) electrons. The van der Waals surface area contributed by atoms with Gasteiger partial charge in [-0.25, -0.2) is 4.39 Å². The van der Waals surface area contributed by atoms with Gasteiger partial charge in [0.1, 0.15) is 6.67 Å². The first-order chi connectivity index (χ1) is 5.65. The molecule has 1 rings (SSSR count). The van der Waals surface area contributed by atoms with E-state index in [1.165, 1.54) is 0 Å². The lowest BCUT2D eigenvalue weighted by molar-refractivity contribution is 0.437. The van der Waals surface area contributed by atoms with Gasteiger partial charge >= 0.3 is 0 Å². The summed E-state index contributed by atoms with van der Waals surface area (Å²) < 4.78 is 12.2. The number of nitrogens with two attached hydrogens (primary N) is 1. The van der Waals surface area contributed by atoms with Crippen molar-refractivity contribution < 1.29 is 4.39 Å². The van der Waals surface area contributed by atoms with Crippen LogP contribution in [0.25, 0.3) is 0 Å². The Labute approximate surface area is 80.3 Å². The van der Waals surface area contributed by atoms with Gasteiger partial charge < -0.3 is 5.73 Å². The highest BCUT2D eigenvalue weighted by Gasteiger charge is 2.09. The maximum absolute atomic E-state index is 12.2. The molecule has 0 saturated carbocycles. The van der Waals surface area contributed by atoms with Gasteiger partial charge in [-0.1, -0.05) is 23.2 Å². The lowest BCUT2D eigenvalue weighted by Crippen LogP contribution is -2.12. The van der Waals surface area contributed by atoms with Crippen LogP contribution in [0.1, 0.15) is 11.6 Å². The summed E-state index contributed by atoms with van der Waals surface area (Å²) in [6.45, 7) is -0.639. The molecule has 0 aliphatic rings. The van der Waals surface area contributed by atoms with Crippen LogP contribution in [0.2, 0.25) is 10.0 Å². The molecule has 0 bridgehead atoms. The minimum atomic E-state index is -0.684. The van der Waals surface area contributed by atoms with Crippen LogP contribution in [0.5, 0.6) is 0 Å². The van der Waals surface area contributed by atoms with E-state index < -0.39 is 12.7 Å². The van der Waals surface area contributed by atoms with Gasteiger partial charge in [-0.3, -0.25) is 0 Å². The molecule has 12 heavy (non-hydrogen) atoms. The predicted molar refractivity (Wildman–Crippen MR) is 49.4 cm³/mol. The topological polar surface area (TPSA) is 26.0 Å². The Hall–Kier alpha value is -0.310. The second-order valence-electron chi connectivity index (χ2n) is 2.43. The summed E-state index contributed by atoms with van der Waals surface area (Å²) in [7, 11) is 0. The lowest BCUT2D eigenvalue weighted by Gasteiger charge is -2.09. The Kier molecular flexibility index (Phi) is 3.32. The molecule has 0 fully saturated rings. The van der Waals surface area contributed by atoms with Crippen molar-refractivity contribution in [1.82, 2.24) is 0 Å². The normalized spacial score (nSPS) is 13.0. The predicted octanol–water partition coefficient (Wildman–Crippen LogP) is 2.96. The molecule has 0 aliphatic carbocycles. The van der Waals surface area contributed by atoms with E-state index >= 15 is 0 Å². The molecular weight excluding hydrogens is 200 g/mol. The number of hydrogen-bond donors (Lipinski definition) is 1. The zero-order valence-electron chi connectivity index (χ0n) is 6.23. The lowest BCUT2D eigenvalue weighted by atomic mass is 10.1. The maximum Gasteiger partial charge on any atom is 0.109 e. The van der Waals surface area contributed by atoms with Crippen molar-refractivity contribution in [3.63, 3.8) is 0 Å². The van der Waals surface area contributed by atoms with Gasteiger partial charge in [-0.05, 0) is 23.8 Å². The Morgan fingerprint density at radius 2 is 2.08 bits per heavy atom. The molecule has 4 heteroatoms. The smallest absolute Gasteiger partial charge is 0.109 e. The van der Waals surface area contributed by atoms with Gasteiger partial charge in [-0.2, -0.15) is 0 Å². The van der Waals surface area contributed by atoms with E-state index in [1.54, 1.807) is 18.2 Å². The van der Waals surface area contributed by atoms with Gasteiger partial charge in [0.15, 0.2) is 0 Å². The number of alkyl halides is 1. The van der Waals surface area contributed by atoms with E-state index in [4.69, 9.17) is 28.9 Å². The molecule has 66 valence electrons. The maximum atomic E-state index is 12.2. The van der Waals surface area contributed by atoms with Crippen LogP contribution in [0, 0.1) is 0 Å². The number of hydrogen-bond acceptors (Lipinski definition) is 1. The average Bonchev–Trinajstić information content (AvgIpc) is 2.08. The summed E-state index contributed by atoms with van der Waals surface area (Å²) in [5, 5.41) is 0.961. The van der Waals surface area contributed by atoms with Crippen LogP contribution in [0.3, 0.4) is 0 Å². The highest BCUT2D eigenvalue weighted by Crippen LogP contribution is 2.25. The van der Waals surface area contributed by atoms with Gasteiger partial charge in [0.25, 0.3) is 0 Å². The third-order valence-electron chi connectivity index (χ3n) is 1.52. The van der Waals surface area contributed by atoms with Crippen LogP contribution in [0.15, 0.2) is 18.2 Å². The molecular formula is C8H8Cl2FN. The Balaban J connectivity index is 3.04. The molecule has 0 aliphatic heterocycles. The molecule has 1 unspecified atom stereocenters. The zero-order valence-corrected chi connectivity index (χ0v) is 7.74. The molecule has 1 nitrogen and oxygen atoms in total. The van der Waals surface area contributed by atoms with Gasteiger partial charge in [0.2, 0.25) is 0 Å². The third kappa shape index (κ3) is 2.09. The van der Waals surface area contributed by atoms with Crippen molar-refractivity contribution in [2.75, 3.05) is 6.67 Å². The van der Waals surface area contributed by atoms with Crippen molar-refractivity contribution >= 4 is 23.2 Å². The highest BCUT2D eigenvalue weighted by atomic mass is 35.5. The summed E-state index contributed by atoms with van der Waals surface area (Å²) in [5.74, 6) is 0. The van der Waals surface area contributed by atoms with Crippen molar-refractivity contribution in [1.29, 1.82) is 0 Å². The molecule has 0 amide bonds. The first kappa shape index (κ1) is 9.78.